The lowest BCUT2D eigenvalue weighted by Gasteiger charge is -2.29. The van der Waals surface area contributed by atoms with Crippen LogP contribution in [0.2, 0.25) is 5.02 Å². The lowest BCUT2D eigenvalue weighted by atomic mass is 9.81. The second-order valence-corrected chi connectivity index (χ2v) is 7.26. The minimum atomic E-state index is -0.912. The maximum Gasteiger partial charge on any atom is 0.233 e. The second kappa shape index (κ2) is 9.35. The quantitative estimate of drug-likeness (QED) is 0.668. The lowest BCUT2D eigenvalue weighted by molar-refractivity contribution is -0.118. The third-order valence-electron chi connectivity index (χ3n) is 4.80. The summed E-state index contributed by atoms with van der Waals surface area (Å²) in [5, 5.41) is 22.1. The number of hydrogen-bond donors (Lipinski definition) is 3. The highest BCUT2D eigenvalue weighted by atomic mass is 35.5. The number of hydrogen-bond acceptors (Lipinski definition) is 5. The summed E-state index contributed by atoms with van der Waals surface area (Å²) in [5.41, 5.74) is 2.01. The van der Waals surface area contributed by atoms with E-state index >= 15 is 0 Å². The van der Waals surface area contributed by atoms with Crippen LogP contribution in [-0.4, -0.2) is 41.8 Å². The van der Waals surface area contributed by atoms with Gasteiger partial charge in [0.15, 0.2) is 0 Å². The van der Waals surface area contributed by atoms with E-state index in [1.807, 2.05) is 0 Å². The number of benzene rings is 2. The molecule has 0 spiro atoms. The van der Waals surface area contributed by atoms with E-state index in [-0.39, 0.29) is 37.3 Å². The van der Waals surface area contributed by atoms with E-state index in [9.17, 15) is 14.3 Å². The molecule has 29 heavy (non-hydrogen) atoms. The summed E-state index contributed by atoms with van der Waals surface area (Å²) in [4.78, 5) is 17.0. The second-order valence-electron chi connectivity index (χ2n) is 6.86. The maximum atomic E-state index is 13.3. The SMILES string of the molecule is Cc1cc(Cl)c(OCCO)cc1NC(=O)C1C=NC(O)CC1c1ccc(F)cc1. The molecule has 154 valence electrons. The molecule has 3 unspecified atom stereocenters. The van der Waals surface area contributed by atoms with Crippen molar-refractivity contribution in [3.63, 3.8) is 0 Å². The number of rotatable bonds is 6. The van der Waals surface area contributed by atoms with Gasteiger partial charge in [0.2, 0.25) is 5.91 Å². The Morgan fingerprint density at radius 2 is 2.07 bits per heavy atom. The Morgan fingerprint density at radius 1 is 1.34 bits per heavy atom. The number of nitrogens with zero attached hydrogens (tertiary/aromatic N) is 1. The van der Waals surface area contributed by atoms with Gasteiger partial charge in [0.05, 0.1) is 17.5 Å². The Kier molecular flexibility index (Phi) is 6.84. The van der Waals surface area contributed by atoms with Crippen molar-refractivity contribution in [1.82, 2.24) is 0 Å². The summed E-state index contributed by atoms with van der Waals surface area (Å²) >= 11 is 6.16. The zero-order valence-electron chi connectivity index (χ0n) is 15.8. The number of nitrogens with one attached hydrogen (secondary N) is 1. The first kappa shape index (κ1) is 21.2. The summed E-state index contributed by atoms with van der Waals surface area (Å²) in [6.07, 6.45) is 0.779. The van der Waals surface area contributed by atoms with E-state index in [2.05, 4.69) is 10.3 Å². The molecule has 3 rings (SSSR count). The van der Waals surface area contributed by atoms with Gasteiger partial charge in [0.1, 0.15) is 24.4 Å². The highest BCUT2D eigenvalue weighted by Gasteiger charge is 2.33. The molecule has 6 nitrogen and oxygen atoms in total. The van der Waals surface area contributed by atoms with E-state index < -0.39 is 12.1 Å². The number of aliphatic hydroxyl groups excluding tert-OH is 2. The van der Waals surface area contributed by atoms with Crippen molar-refractivity contribution in [2.75, 3.05) is 18.5 Å². The molecule has 0 bridgehead atoms. The Bertz CT molecular complexity index is 904. The standard InChI is InChI=1S/C21H22ClFN2O4/c1-12-8-17(22)19(29-7-6-26)10-18(12)25-21(28)16-11-24-20(27)9-15(16)13-2-4-14(23)5-3-13/h2-5,8,10-11,15-16,20,26-27H,6-7,9H2,1H3,(H,25,28). The van der Waals surface area contributed by atoms with E-state index in [1.54, 1.807) is 31.2 Å². The number of aliphatic hydroxyl groups is 2. The first-order chi connectivity index (χ1) is 13.9. The molecule has 0 aliphatic carbocycles. The molecule has 2 aromatic rings. The zero-order valence-corrected chi connectivity index (χ0v) is 16.6. The van der Waals surface area contributed by atoms with Gasteiger partial charge in [-0.2, -0.15) is 0 Å². The molecular weight excluding hydrogens is 399 g/mol. The molecular formula is C21H22ClFN2O4. The van der Waals surface area contributed by atoms with Gasteiger partial charge in [-0.1, -0.05) is 23.7 Å². The van der Waals surface area contributed by atoms with Gasteiger partial charge in [-0.05, 0) is 36.2 Å². The minimum Gasteiger partial charge on any atom is -0.490 e. The molecule has 1 heterocycles. The van der Waals surface area contributed by atoms with Crippen molar-refractivity contribution in [1.29, 1.82) is 0 Å². The van der Waals surface area contributed by atoms with Crippen LogP contribution >= 0.6 is 11.6 Å². The summed E-state index contributed by atoms with van der Waals surface area (Å²) in [7, 11) is 0. The topological polar surface area (TPSA) is 91.2 Å². The molecule has 1 amide bonds. The highest BCUT2D eigenvalue weighted by Crippen LogP contribution is 2.35. The van der Waals surface area contributed by atoms with Crippen LogP contribution in [0.15, 0.2) is 41.4 Å². The van der Waals surface area contributed by atoms with Crippen molar-refractivity contribution in [3.05, 3.63) is 58.4 Å². The van der Waals surface area contributed by atoms with Gasteiger partial charge in [0.25, 0.3) is 0 Å². The minimum absolute atomic E-state index is 0.0793. The molecule has 3 N–H and O–H groups in total. The van der Waals surface area contributed by atoms with Gasteiger partial charge in [-0.15, -0.1) is 0 Å². The van der Waals surface area contributed by atoms with Crippen molar-refractivity contribution in [2.24, 2.45) is 10.9 Å². The smallest absolute Gasteiger partial charge is 0.233 e. The summed E-state index contributed by atoms with van der Waals surface area (Å²) in [6.45, 7) is 1.72. The Hall–Kier alpha value is -2.48. The number of aryl methyl sites for hydroxylation is 1. The van der Waals surface area contributed by atoms with Crippen LogP contribution in [-0.2, 0) is 4.79 Å². The molecule has 1 aliphatic heterocycles. The molecule has 0 fully saturated rings. The van der Waals surface area contributed by atoms with Crippen molar-refractivity contribution >= 4 is 29.4 Å². The third-order valence-corrected chi connectivity index (χ3v) is 5.10. The Morgan fingerprint density at radius 3 is 2.76 bits per heavy atom. The van der Waals surface area contributed by atoms with Gasteiger partial charge < -0.3 is 20.3 Å². The summed E-state index contributed by atoms with van der Waals surface area (Å²) in [6, 6.07) is 9.15. The monoisotopic (exact) mass is 420 g/mol. The van der Waals surface area contributed by atoms with Gasteiger partial charge in [-0.25, -0.2) is 4.39 Å². The van der Waals surface area contributed by atoms with E-state index in [0.717, 1.165) is 11.1 Å². The van der Waals surface area contributed by atoms with Crippen LogP contribution in [0.25, 0.3) is 0 Å². The van der Waals surface area contributed by atoms with Crippen LogP contribution in [0.4, 0.5) is 10.1 Å². The van der Waals surface area contributed by atoms with E-state index in [0.29, 0.717) is 16.5 Å². The summed E-state index contributed by atoms with van der Waals surface area (Å²) < 4.78 is 18.7. The lowest BCUT2D eigenvalue weighted by Crippen LogP contribution is -2.34. The molecule has 0 radical (unpaired) electrons. The average molecular weight is 421 g/mol. The normalized spacial score (nSPS) is 21.1. The van der Waals surface area contributed by atoms with E-state index in [1.165, 1.54) is 18.3 Å². The predicted molar refractivity (Wildman–Crippen MR) is 109 cm³/mol. The first-order valence-corrected chi connectivity index (χ1v) is 9.58. The van der Waals surface area contributed by atoms with Gasteiger partial charge >= 0.3 is 0 Å². The maximum absolute atomic E-state index is 13.3. The highest BCUT2D eigenvalue weighted by molar-refractivity contribution is 6.32. The summed E-state index contributed by atoms with van der Waals surface area (Å²) in [5.74, 6) is -1.31. The fraction of sp³-hybridized carbons (Fsp3) is 0.333. The van der Waals surface area contributed by atoms with Gasteiger partial charge in [-0.3, -0.25) is 9.79 Å². The van der Waals surface area contributed by atoms with Crippen LogP contribution in [0.1, 0.15) is 23.5 Å². The first-order valence-electron chi connectivity index (χ1n) is 9.20. The fourth-order valence-corrected chi connectivity index (χ4v) is 3.58. The number of aliphatic imine (C=N–C) groups is 1. The number of carbonyl (C=O) groups excluding carboxylic acids is 1. The Labute approximate surface area is 173 Å². The largest absolute Gasteiger partial charge is 0.490 e. The van der Waals surface area contributed by atoms with Crippen LogP contribution in [0.3, 0.4) is 0 Å². The number of ether oxygens (including phenoxy) is 1. The number of anilines is 1. The van der Waals surface area contributed by atoms with Crippen LogP contribution in [0.5, 0.6) is 5.75 Å². The molecule has 0 aromatic heterocycles. The van der Waals surface area contributed by atoms with Gasteiger partial charge in [0, 0.05) is 30.3 Å². The van der Waals surface area contributed by atoms with Crippen molar-refractivity contribution < 1.29 is 24.1 Å². The molecule has 8 heteroatoms. The molecule has 2 aromatic carbocycles. The zero-order chi connectivity index (χ0) is 21.0. The molecule has 3 atom stereocenters. The third kappa shape index (κ3) is 5.12. The Balaban J connectivity index is 1.84. The number of halogens is 2. The number of carbonyl (C=O) groups is 1. The fourth-order valence-electron chi connectivity index (χ4n) is 3.30. The van der Waals surface area contributed by atoms with Crippen LogP contribution < -0.4 is 10.1 Å². The predicted octanol–water partition coefficient (Wildman–Crippen LogP) is 3.29. The van der Waals surface area contributed by atoms with Crippen LogP contribution in [0, 0.1) is 18.7 Å². The van der Waals surface area contributed by atoms with Crippen molar-refractivity contribution in [2.45, 2.75) is 25.5 Å². The average Bonchev–Trinajstić information content (AvgIpc) is 2.69. The molecule has 1 aliphatic rings. The van der Waals surface area contributed by atoms with Crippen molar-refractivity contribution in [3.8, 4) is 5.75 Å². The molecule has 0 saturated heterocycles. The number of amides is 1. The molecule has 0 saturated carbocycles. The van der Waals surface area contributed by atoms with E-state index in [4.69, 9.17) is 21.4 Å².